The molecule has 0 aromatic carbocycles. The molecule has 110 valence electrons. The van der Waals surface area contributed by atoms with E-state index < -0.39 is 0 Å². The van der Waals surface area contributed by atoms with Crippen LogP contribution >= 0.6 is 0 Å². The second kappa shape index (κ2) is 8.92. The molecule has 0 atom stereocenters. The van der Waals surface area contributed by atoms with Crippen molar-refractivity contribution in [2.24, 2.45) is 0 Å². The molecule has 2 nitrogen and oxygen atoms in total. The third-order valence-corrected chi connectivity index (χ3v) is 4.55. The van der Waals surface area contributed by atoms with E-state index in [-0.39, 0.29) is 0 Å². The van der Waals surface area contributed by atoms with Crippen molar-refractivity contribution in [1.82, 2.24) is 0 Å². The van der Waals surface area contributed by atoms with Crippen LogP contribution in [0.1, 0.15) is 83.5 Å². The van der Waals surface area contributed by atoms with Gasteiger partial charge >= 0.3 is 0 Å². The number of hydrogen-bond donors (Lipinski definition) is 0. The number of hydrogen-bond acceptors (Lipinski definition) is 0. The topological polar surface area (TPSA) is 36.4 Å². The summed E-state index contributed by atoms with van der Waals surface area (Å²) in [5.74, 6) is 0. The van der Waals surface area contributed by atoms with Gasteiger partial charge in [-0.3, -0.25) is 0 Å². The highest BCUT2D eigenvalue weighted by molar-refractivity contribution is 5.91. The standard InChI is InChI=1S/C18H28N2/c19-20-18-14-10-6-5-9-13-17(15-18)16-11-7-3-1-2-4-8-12-16/h11,15H,1-10,12-14H2/b16-11-,17-15+. The van der Waals surface area contributed by atoms with Crippen molar-refractivity contribution in [2.75, 3.05) is 0 Å². The van der Waals surface area contributed by atoms with E-state index in [1.165, 1.54) is 75.4 Å². The molecule has 0 N–H and O–H groups in total. The molecule has 0 unspecified atom stereocenters. The van der Waals surface area contributed by atoms with Gasteiger partial charge in [-0.05, 0) is 56.1 Å². The van der Waals surface area contributed by atoms with Gasteiger partial charge in [0.2, 0.25) is 0 Å². The molecule has 2 heteroatoms. The summed E-state index contributed by atoms with van der Waals surface area (Å²) in [4.78, 5) is 3.51. The van der Waals surface area contributed by atoms with E-state index in [0.717, 1.165) is 25.0 Å². The predicted molar refractivity (Wildman–Crippen MR) is 84.8 cm³/mol. The Morgan fingerprint density at radius 2 is 1.30 bits per heavy atom. The van der Waals surface area contributed by atoms with Gasteiger partial charge in [-0.2, -0.15) is 4.79 Å². The van der Waals surface area contributed by atoms with Gasteiger partial charge in [-0.25, -0.2) is 0 Å². The lowest BCUT2D eigenvalue weighted by molar-refractivity contribution is -0.00645. The van der Waals surface area contributed by atoms with Crippen molar-refractivity contribution >= 4 is 5.71 Å². The zero-order valence-electron chi connectivity index (χ0n) is 12.7. The highest BCUT2D eigenvalue weighted by Gasteiger charge is 2.13. The maximum Gasteiger partial charge on any atom is 0.292 e. The minimum atomic E-state index is 0.877. The fraction of sp³-hybridized carbons (Fsp3) is 0.722. The van der Waals surface area contributed by atoms with E-state index in [2.05, 4.69) is 16.9 Å². The largest absolute Gasteiger partial charge is 0.361 e. The molecule has 0 fully saturated rings. The van der Waals surface area contributed by atoms with Gasteiger partial charge in [0, 0.05) is 12.5 Å². The van der Waals surface area contributed by atoms with Gasteiger partial charge in [0.15, 0.2) is 0 Å². The summed E-state index contributed by atoms with van der Waals surface area (Å²) in [5.41, 5.74) is 13.0. The van der Waals surface area contributed by atoms with Crippen LogP contribution in [0.3, 0.4) is 0 Å². The van der Waals surface area contributed by atoms with Crippen molar-refractivity contribution in [2.45, 2.75) is 83.5 Å². The van der Waals surface area contributed by atoms with Gasteiger partial charge in [0.05, 0.1) is 0 Å². The van der Waals surface area contributed by atoms with Crippen LogP contribution in [-0.2, 0) is 0 Å². The average molecular weight is 272 g/mol. The molecule has 0 heterocycles. The number of rotatable bonds is 1. The van der Waals surface area contributed by atoms with E-state index in [4.69, 9.17) is 0 Å². The highest BCUT2D eigenvalue weighted by atomic mass is 14.8. The molecule has 0 radical (unpaired) electrons. The van der Waals surface area contributed by atoms with Crippen LogP contribution < -0.4 is 0 Å². The van der Waals surface area contributed by atoms with E-state index in [9.17, 15) is 5.53 Å². The van der Waals surface area contributed by atoms with Crippen molar-refractivity contribution < 1.29 is 4.79 Å². The zero-order valence-corrected chi connectivity index (χ0v) is 12.7. The van der Waals surface area contributed by atoms with Gasteiger partial charge in [0.1, 0.15) is 0 Å². The maximum atomic E-state index is 9.19. The summed E-state index contributed by atoms with van der Waals surface area (Å²) in [6, 6.07) is 0. The van der Waals surface area contributed by atoms with Gasteiger partial charge in [-0.1, -0.05) is 38.2 Å². The van der Waals surface area contributed by atoms with E-state index in [1.807, 2.05) is 0 Å². The summed E-state index contributed by atoms with van der Waals surface area (Å²) in [6.45, 7) is 0. The Kier molecular flexibility index (Phi) is 6.80. The fourth-order valence-corrected chi connectivity index (χ4v) is 3.31. The van der Waals surface area contributed by atoms with E-state index in [1.54, 1.807) is 0 Å². The Balaban J connectivity index is 2.16. The predicted octanol–water partition coefficient (Wildman–Crippen LogP) is 5.61. The summed E-state index contributed by atoms with van der Waals surface area (Å²) >= 11 is 0. The lowest BCUT2D eigenvalue weighted by Gasteiger charge is -2.11. The van der Waals surface area contributed by atoms with Crippen LogP contribution in [0.15, 0.2) is 23.3 Å². The zero-order chi connectivity index (χ0) is 14.0. The lowest BCUT2D eigenvalue weighted by atomic mass is 9.94. The molecule has 0 saturated carbocycles. The average Bonchev–Trinajstić information content (AvgIpc) is 2.68. The van der Waals surface area contributed by atoms with Crippen molar-refractivity contribution in [1.29, 1.82) is 0 Å². The third-order valence-electron chi connectivity index (χ3n) is 4.55. The van der Waals surface area contributed by atoms with Gasteiger partial charge in [0.25, 0.3) is 5.71 Å². The first-order valence-corrected chi connectivity index (χ1v) is 8.51. The molecule has 0 aliphatic heterocycles. The molecule has 0 aromatic heterocycles. The van der Waals surface area contributed by atoms with Gasteiger partial charge < -0.3 is 5.53 Å². The minimum absolute atomic E-state index is 0.877. The summed E-state index contributed by atoms with van der Waals surface area (Å²) < 4.78 is 0. The number of nitrogens with zero attached hydrogens (tertiary/aromatic N) is 2. The SMILES string of the molecule is [N-]=[N+]=C1/C=C(/C2=C\CCCCCCC2)CCCCCC1. The third kappa shape index (κ3) is 5.09. The second-order valence-electron chi connectivity index (χ2n) is 6.21. The van der Waals surface area contributed by atoms with Crippen LogP contribution in [0.4, 0.5) is 0 Å². The van der Waals surface area contributed by atoms with Crippen LogP contribution in [0.5, 0.6) is 0 Å². The molecule has 20 heavy (non-hydrogen) atoms. The first-order chi connectivity index (χ1) is 9.90. The molecule has 2 aliphatic carbocycles. The first kappa shape index (κ1) is 15.3. The summed E-state index contributed by atoms with van der Waals surface area (Å²) in [7, 11) is 0. The number of allylic oxidation sites excluding steroid dienone is 4. The van der Waals surface area contributed by atoms with Crippen molar-refractivity contribution in [3.8, 4) is 0 Å². The Morgan fingerprint density at radius 1 is 0.700 bits per heavy atom. The Labute approximate surface area is 123 Å². The van der Waals surface area contributed by atoms with Crippen LogP contribution in [0.2, 0.25) is 0 Å². The molecule has 0 spiro atoms. The highest BCUT2D eigenvalue weighted by Crippen LogP contribution is 2.27. The van der Waals surface area contributed by atoms with Crippen molar-refractivity contribution in [3.05, 3.63) is 28.8 Å². The molecular formula is C18H28N2. The Hall–Kier alpha value is -1.14. The summed E-state index contributed by atoms with van der Waals surface area (Å²) in [5, 5.41) is 0. The second-order valence-corrected chi connectivity index (χ2v) is 6.21. The first-order valence-electron chi connectivity index (χ1n) is 8.51. The smallest absolute Gasteiger partial charge is 0.292 e. The molecule has 0 aromatic rings. The molecule has 2 aliphatic rings. The van der Waals surface area contributed by atoms with E-state index in [0.29, 0.717) is 0 Å². The minimum Gasteiger partial charge on any atom is -0.361 e. The quantitative estimate of drug-likeness (QED) is 0.439. The normalized spacial score (nSPS) is 28.1. The molecular weight excluding hydrogens is 244 g/mol. The van der Waals surface area contributed by atoms with Crippen LogP contribution in [0, 0.1) is 0 Å². The monoisotopic (exact) mass is 272 g/mol. The van der Waals surface area contributed by atoms with Crippen LogP contribution in [-0.4, -0.2) is 10.5 Å². The molecule has 0 saturated heterocycles. The maximum absolute atomic E-state index is 9.19. The molecule has 2 rings (SSSR count). The lowest BCUT2D eigenvalue weighted by Crippen LogP contribution is -1.99. The fourth-order valence-electron chi connectivity index (χ4n) is 3.31. The summed E-state index contributed by atoms with van der Waals surface area (Å²) in [6.07, 6.45) is 20.9. The molecule has 0 amide bonds. The molecule has 0 bridgehead atoms. The van der Waals surface area contributed by atoms with Crippen molar-refractivity contribution in [3.63, 3.8) is 0 Å². The van der Waals surface area contributed by atoms with Crippen LogP contribution in [0.25, 0.3) is 5.53 Å². The Morgan fingerprint density at radius 3 is 2.05 bits per heavy atom. The Bertz CT molecular complexity index is 411. The van der Waals surface area contributed by atoms with Gasteiger partial charge in [-0.15, -0.1) is 0 Å². The van der Waals surface area contributed by atoms with E-state index >= 15 is 0 Å².